The fourth-order valence-electron chi connectivity index (χ4n) is 2.96. The summed E-state index contributed by atoms with van der Waals surface area (Å²) < 4.78 is 0. The lowest BCUT2D eigenvalue weighted by atomic mass is 10.2. The van der Waals surface area contributed by atoms with Crippen LogP contribution in [0.15, 0.2) is 36.4 Å². The number of nitrogens with one attached hydrogen (secondary N) is 3. The number of nitrogen functional groups attached to an aromatic ring is 1. The van der Waals surface area contributed by atoms with Crippen LogP contribution in [0.25, 0.3) is 22.1 Å². The van der Waals surface area contributed by atoms with Gasteiger partial charge in [0.2, 0.25) is 0 Å². The van der Waals surface area contributed by atoms with Crippen molar-refractivity contribution < 1.29 is 9.90 Å². The van der Waals surface area contributed by atoms with Gasteiger partial charge < -0.3 is 20.8 Å². The van der Waals surface area contributed by atoms with E-state index in [0.29, 0.717) is 35.3 Å². The van der Waals surface area contributed by atoms with Gasteiger partial charge in [0.15, 0.2) is 0 Å². The summed E-state index contributed by atoms with van der Waals surface area (Å²) in [4.78, 5) is 26.6. The number of hydrogen-bond donors (Lipinski definition) is 5. The van der Waals surface area contributed by atoms with Gasteiger partial charge in [0, 0.05) is 18.4 Å². The van der Waals surface area contributed by atoms with E-state index in [-0.39, 0.29) is 11.4 Å². The number of fused-ring (bicyclic) bond motifs is 2. The molecule has 0 spiro atoms. The second kappa shape index (κ2) is 5.99. The van der Waals surface area contributed by atoms with Crippen LogP contribution in [0.5, 0.6) is 0 Å². The molecule has 0 aliphatic heterocycles. The molecule has 8 heteroatoms. The molecular weight excluding hydrogens is 332 g/mol. The van der Waals surface area contributed by atoms with Crippen molar-refractivity contribution in [3.63, 3.8) is 0 Å². The van der Waals surface area contributed by atoms with Gasteiger partial charge in [-0.3, -0.25) is 5.41 Å². The highest BCUT2D eigenvalue weighted by molar-refractivity contribution is 6.01. The van der Waals surface area contributed by atoms with Crippen LogP contribution in [0.4, 0.5) is 0 Å². The predicted molar refractivity (Wildman–Crippen MR) is 97.6 cm³/mol. The molecule has 0 saturated heterocycles. The monoisotopic (exact) mass is 348 g/mol. The van der Waals surface area contributed by atoms with Crippen LogP contribution in [0, 0.1) is 5.41 Å². The minimum absolute atomic E-state index is 0.0135. The summed E-state index contributed by atoms with van der Waals surface area (Å²) in [5, 5.41) is 16.7. The van der Waals surface area contributed by atoms with Crippen LogP contribution >= 0.6 is 0 Å². The zero-order valence-electron chi connectivity index (χ0n) is 13.7. The van der Waals surface area contributed by atoms with Crippen LogP contribution < -0.4 is 5.73 Å². The summed E-state index contributed by atoms with van der Waals surface area (Å²) in [5.74, 6) is 0.518. The summed E-state index contributed by atoms with van der Waals surface area (Å²) in [7, 11) is 0. The first kappa shape index (κ1) is 15.8. The summed E-state index contributed by atoms with van der Waals surface area (Å²) in [6.07, 6.45) is 1.21. The van der Waals surface area contributed by atoms with Gasteiger partial charge in [0.25, 0.3) is 0 Å². The standard InChI is InChI=1S/C18H16N6O2/c19-17(20)9-4-5-11-13(8-9)23-14(21-11)6-7-15-22-12-3-1-2-10(18(25)26)16(12)24-15/h1-5,8H,6-7H2,(H3,19,20)(H,21,23)(H,22,24)(H,25,26). The van der Waals surface area contributed by atoms with Crippen molar-refractivity contribution in [1.29, 1.82) is 5.41 Å². The van der Waals surface area contributed by atoms with E-state index >= 15 is 0 Å². The quantitative estimate of drug-likeness (QED) is 0.277. The van der Waals surface area contributed by atoms with E-state index in [4.69, 9.17) is 11.1 Å². The number of carbonyl (C=O) groups is 1. The van der Waals surface area contributed by atoms with E-state index in [0.717, 1.165) is 16.9 Å². The molecule has 130 valence electrons. The van der Waals surface area contributed by atoms with Crippen LogP contribution in [-0.4, -0.2) is 36.8 Å². The zero-order valence-corrected chi connectivity index (χ0v) is 13.7. The maximum absolute atomic E-state index is 11.3. The van der Waals surface area contributed by atoms with Crippen molar-refractivity contribution in [3.8, 4) is 0 Å². The predicted octanol–water partition coefficient (Wildman–Crippen LogP) is 2.21. The molecule has 8 nitrogen and oxygen atoms in total. The van der Waals surface area contributed by atoms with Crippen LogP contribution in [0.1, 0.15) is 27.6 Å². The van der Waals surface area contributed by atoms with Crippen molar-refractivity contribution >= 4 is 33.9 Å². The molecule has 6 N–H and O–H groups in total. The van der Waals surface area contributed by atoms with E-state index in [1.54, 1.807) is 24.3 Å². The van der Waals surface area contributed by atoms with Gasteiger partial charge in [0.05, 0.1) is 22.1 Å². The van der Waals surface area contributed by atoms with Gasteiger partial charge in [-0.05, 0) is 30.3 Å². The molecule has 0 atom stereocenters. The Labute approximate surface area is 147 Å². The van der Waals surface area contributed by atoms with Gasteiger partial charge in [-0.2, -0.15) is 0 Å². The maximum atomic E-state index is 11.3. The number of H-pyrrole nitrogens is 2. The van der Waals surface area contributed by atoms with Crippen molar-refractivity contribution in [1.82, 2.24) is 19.9 Å². The number of aromatic amines is 2. The maximum Gasteiger partial charge on any atom is 0.337 e. The van der Waals surface area contributed by atoms with Gasteiger partial charge in [-0.25, -0.2) is 14.8 Å². The largest absolute Gasteiger partial charge is 0.478 e. The second-order valence-corrected chi connectivity index (χ2v) is 6.02. The number of hydrogen-bond acceptors (Lipinski definition) is 4. The number of aromatic carboxylic acids is 1. The summed E-state index contributed by atoms with van der Waals surface area (Å²) >= 11 is 0. The number of benzene rings is 2. The molecule has 0 fully saturated rings. The number of carboxylic acid groups (broad SMARTS) is 1. The SMILES string of the molecule is N=C(N)c1ccc2nc(CCc3nc4c(C(=O)O)cccc4[nH]3)[nH]c2c1. The summed E-state index contributed by atoms with van der Waals surface area (Å²) in [6.45, 7) is 0. The number of nitrogens with two attached hydrogens (primary N) is 1. The summed E-state index contributed by atoms with van der Waals surface area (Å²) in [6, 6.07) is 10.4. The fraction of sp³-hybridized carbons (Fsp3) is 0.111. The third kappa shape index (κ3) is 2.77. The van der Waals surface area contributed by atoms with E-state index in [1.807, 2.05) is 12.1 Å². The number of para-hydroxylation sites is 1. The number of amidine groups is 1. The van der Waals surface area contributed by atoms with Gasteiger partial charge in [-0.1, -0.05) is 6.07 Å². The minimum atomic E-state index is -0.993. The topological polar surface area (TPSA) is 145 Å². The average Bonchev–Trinajstić information content (AvgIpc) is 3.21. The van der Waals surface area contributed by atoms with E-state index in [2.05, 4.69) is 19.9 Å². The third-order valence-electron chi connectivity index (χ3n) is 4.23. The minimum Gasteiger partial charge on any atom is -0.478 e. The third-order valence-corrected chi connectivity index (χ3v) is 4.23. The molecule has 0 unspecified atom stereocenters. The molecule has 0 bridgehead atoms. The lowest BCUT2D eigenvalue weighted by Crippen LogP contribution is -2.10. The second-order valence-electron chi connectivity index (χ2n) is 6.02. The van der Waals surface area contributed by atoms with Gasteiger partial charge >= 0.3 is 5.97 Å². The highest BCUT2D eigenvalue weighted by Gasteiger charge is 2.13. The lowest BCUT2D eigenvalue weighted by molar-refractivity contribution is 0.0699. The Balaban J connectivity index is 1.58. The Morgan fingerprint density at radius 3 is 2.54 bits per heavy atom. The molecule has 0 saturated carbocycles. The molecule has 26 heavy (non-hydrogen) atoms. The van der Waals surface area contributed by atoms with Gasteiger partial charge in [0.1, 0.15) is 23.0 Å². The highest BCUT2D eigenvalue weighted by Crippen LogP contribution is 2.18. The molecule has 0 amide bonds. The Kier molecular flexibility index (Phi) is 3.65. The number of imidazole rings is 2. The van der Waals surface area contributed by atoms with Crippen LogP contribution in [0.2, 0.25) is 0 Å². The highest BCUT2D eigenvalue weighted by atomic mass is 16.4. The number of nitrogens with zero attached hydrogens (tertiary/aromatic N) is 2. The number of aromatic nitrogens is 4. The molecule has 0 aliphatic carbocycles. The average molecular weight is 348 g/mol. The van der Waals surface area contributed by atoms with Crippen LogP contribution in [-0.2, 0) is 12.8 Å². The Hall–Kier alpha value is -3.68. The number of aryl methyl sites for hydroxylation is 2. The number of carboxylic acids is 1. The normalized spacial score (nSPS) is 11.2. The van der Waals surface area contributed by atoms with Crippen molar-refractivity contribution in [2.45, 2.75) is 12.8 Å². The molecule has 2 aromatic carbocycles. The zero-order chi connectivity index (χ0) is 18.3. The van der Waals surface area contributed by atoms with E-state index in [1.165, 1.54) is 0 Å². The first-order valence-corrected chi connectivity index (χ1v) is 8.05. The molecule has 2 heterocycles. The van der Waals surface area contributed by atoms with Crippen LogP contribution in [0.3, 0.4) is 0 Å². The molecular formula is C18H16N6O2. The van der Waals surface area contributed by atoms with E-state index in [9.17, 15) is 9.90 Å². The molecule has 0 aliphatic rings. The lowest BCUT2D eigenvalue weighted by Gasteiger charge is -1.96. The Morgan fingerprint density at radius 2 is 1.81 bits per heavy atom. The van der Waals surface area contributed by atoms with Gasteiger partial charge in [-0.15, -0.1) is 0 Å². The van der Waals surface area contributed by atoms with E-state index < -0.39 is 5.97 Å². The molecule has 4 rings (SSSR count). The van der Waals surface area contributed by atoms with Crippen molar-refractivity contribution in [2.75, 3.05) is 0 Å². The smallest absolute Gasteiger partial charge is 0.337 e. The number of rotatable bonds is 5. The Morgan fingerprint density at radius 1 is 1.08 bits per heavy atom. The first-order chi connectivity index (χ1) is 12.5. The molecule has 0 radical (unpaired) electrons. The summed E-state index contributed by atoms with van der Waals surface area (Å²) in [5.41, 5.74) is 9.14. The molecule has 4 aromatic rings. The van der Waals surface area contributed by atoms with Crippen molar-refractivity contribution in [2.24, 2.45) is 5.73 Å². The first-order valence-electron chi connectivity index (χ1n) is 8.05. The van der Waals surface area contributed by atoms with Crippen molar-refractivity contribution in [3.05, 3.63) is 59.2 Å². The molecule has 2 aromatic heterocycles. The fourth-order valence-corrected chi connectivity index (χ4v) is 2.96. The Bertz CT molecular complexity index is 1160.